The predicted octanol–water partition coefficient (Wildman–Crippen LogP) is 3.23. The lowest BCUT2D eigenvalue weighted by Crippen LogP contribution is -2.08. The van der Waals surface area contributed by atoms with Crippen LogP contribution in [0.4, 0.5) is 5.69 Å². The number of nitrogens with one attached hydrogen (secondary N) is 1. The summed E-state index contributed by atoms with van der Waals surface area (Å²) in [6.45, 7) is 2.81. The third kappa shape index (κ3) is 7.77. The van der Waals surface area contributed by atoms with E-state index < -0.39 is 11.9 Å². The Bertz CT molecular complexity index is 497. The van der Waals surface area contributed by atoms with Crippen molar-refractivity contribution in [3.63, 3.8) is 0 Å². The van der Waals surface area contributed by atoms with E-state index >= 15 is 0 Å². The van der Waals surface area contributed by atoms with E-state index in [2.05, 4.69) is 12.2 Å². The number of benzene rings is 1. The maximum atomic E-state index is 11.5. The lowest BCUT2D eigenvalue weighted by Gasteiger charge is -2.08. The molecule has 1 aromatic carbocycles. The Morgan fingerprint density at radius 3 is 2.76 bits per heavy atom. The molecule has 0 radical (unpaired) electrons. The van der Waals surface area contributed by atoms with Crippen molar-refractivity contribution >= 4 is 17.6 Å². The number of carbonyl (C=O) groups excluding carboxylic acids is 1. The number of hydrogen-bond acceptors (Lipinski definition) is 3. The molecule has 0 unspecified atom stereocenters. The summed E-state index contributed by atoms with van der Waals surface area (Å²) >= 11 is 0. The van der Waals surface area contributed by atoms with Crippen LogP contribution in [0.5, 0.6) is 5.75 Å². The van der Waals surface area contributed by atoms with E-state index in [4.69, 9.17) is 9.84 Å². The van der Waals surface area contributed by atoms with Gasteiger partial charge >= 0.3 is 5.97 Å². The largest absolute Gasteiger partial charge is 0.494 e. The lowest BCUT2D eigenvalue weighted by atomic mass is 10.2. The van der Waals surface area contributed by atoms with E-state index in [1.165, 1.54) is 12.8 Å². The molecule has 0 saturated carbocycles. The van der Waals surface area contributed by atoms with Crippen LogP contribution in [-0.4, -0.2) is 23.6 Å². The number of carbonyl (C=O) groups is 2. The van der Waals surface area contributed by atoms with Crippen LogP contribution >= 0.6 is 0 Å². The summed E-state index contributed by atoms with van der Waals surface area (Å²) < 4.78 is 5.61. The molecule has 2 N–H and O–H groups in total. The fourth-order valence-corrected chi connectivity index (χ4v) is 1.71. The zero-order valence-corrected chi connectivity index (χ0v) is 12.2. The highest BCUT2D eigenvalue weighted by Gasteiger charge is 2.01. The Labute approximate surface area is 124 Å². The molecule has 0 aliphatic rings. The van der Waals surface area contributed by atoms with Gasteiger partial charge in [0, 0.05) is 23.9 Å². The van der Waals surface area contributed by atoms with Crippen molar-refractivity contribution in [1.29, 1.82) is 0 Å². The highest BCUT2D eigenvalue weighted by Crippen LogP contribution is 2.17. The second kappa shape index (κ2) is 9.58. The van der Waals surface area contributed by atoms with Crippen LogP contribution in [-0.2, 0) is 9.59 Å². The summed E-state index contributed by atoms with van der Waals surface area (Å²) in [6.07, 6.45) is 6.31. The van der Waals surface area contributed by atoms with Gasteiger partial charge < -0.3 is 15.2 Å². The molecule has 0 aliphatic carbocycles. The summed E-state index contributed by atoms with van der Waals surface area (Å²) in [4.78, 5) is 21.8. The number of amides is 1. The van der Waals surface area contributed by atoms with Crippen LogP contribution in [0.25, 0.3) is 0 Å². The zero-order valence-electron chi connectivity index (χ0n) is 12.2. The van der Waals surface area contributed by atoms with Crippen molar-refractivity contribution in [3.05, 3.63) is 36.4 Å². The van der Waals surface area contributed by atoms with E-state index in [0.29, 0.717) is 18.0 Å². The first-order valence-corrected chi connectivity index (χ1v) is 7.06. The minimum atomic E-state index is -1.16. The van der Waals surface area contributed by atoms with E-state index in [1.54, 1.807) is 18.2 Å². The number of carboxylic acids is 1. The van der Waals surface area contributed by atoms with Gasteiger partial charge in [0.1, 0.15) is 5.75 Å². The Morgan fingerprint density at radius 1 is 1.24 bits per heavy atom. The van der Waals surface area contributed by atoms with E-state index in [1.807, 2.05) is 6.07 Å². The van der Waals surface area contributed by atoms with Gasteiger partial charge in [0.05, 0.1) is 6.61 Å². The Balaban J connectivity index is 2.44. The summed E-state index contributed by atoms with van der Waals surface area (Å²) in [7, 11) is 0. The second-order valence-electron chi connectivity index (χ2n) is 4.60. The molecule has 0 bridgehead atoms. The minimum Gasteiger partial charge on any atom is -0.494 e. The van der Waals surface area contributed by atoms with Crippen molar-refractivity contribution in [2.24, 2.45) is 0 Å². The Hall–Kier alpha value is -2.30. The van der Waals surface area contributed by atoms with Crippen LogP contribution in [0.1, 0.15) is 32.6 Å². The third-order valence-electron chi connectivity index (χ3n) is 2.75. The smallest absolute Gasteiger partial charge is 0.328 e. The summed E-state index contributed by atoms with van der Waals surface area (Å²) in [5.41, 5.74) is 0.570. The topological polar surface area (TPSA) is 75.6 Å². The van der Waals surface area contributed by atoms with Crippen molar-refractivity contribution in [2.75, 3.05) is 11.9 Å². The highest BCUT2D eigenvalue weighted by atomic mass is 16.5. The summed E-state index contributed by atoms with van der Waals surface area (Å²) in [5.74, 6) is -0.960. The Kier molecular flexibility index (Phi) is 7.64. The Morgan fingerprint density at radius 2 is 2.05 bits per heavy atom. The average molecular weight is 291 g/mol. The standard InChI is InChI=1S/C16H21NO4/c1-2-3-4-5-11-21-14-8-6-7-13(12-14)17-15(18)9-10-16(19)20/h6-10,12H,2-5,11H2,1H3,(H,17,18)(H,19,20)/b10-9+. The van der Waals surface area contributed by atoms with E-state index in [0.717, 1.165) is 25.0 Å². The van der Waals surface area contributed by atoms with Gasteiger partial charge in [-0.1, -0.05) is 32.3 Å². The molecule has 0 fully saturated rings. The fraction of sp³-hybridized carbons (Fsp3) is 0.375. The molecule has 5 heteroatoms. The zero-order chi connectivity index (χ0) is 15.5. The molecule has 1 amide bonds. The van der Waals surface area contributed by atoms with Crippen molar-refractivity contribution in [1.82, 2.24) is 0 Å². The number of ether oxygens (including phenoxy) is 1. The van der Waals surface area contributed by atoms with Crippen LogP contribution in [0, 0.1) is 0 Å². The maximum absolute atomic E-state index is 11.5. The molecule has 21 heavy (non-hydrogen) atoms. The lowest BCUT2D eigenvalue weighted by molar-refractivity contribution is -0.131. The number of hydrogen-bond donors (Lipinski definition) is 2. The van der Waals surface area contributed by atoms with Gasteiger partial charge in [0.25, 0.3) is 0 Å². The fourth-order valence-electron chi connectivity index (χ4n) is 1.71. The van der Waals surface area contributed by atoms with Gasteiger partial charge in [-0.25, -0.2) is 4.79 Å². The monoisotopic (exact) mass is 291 g/mol. The molecule has 1 rings (SSSR count). The molecule has 0 spiro atoms. The van der Waals surface area contributed by atoms with Gasteiger partial charge in [-0.15, -0.1) is 0 Å². The molecular weight excluding hydrogens is 270 g/mol. The van der Waals surface area contributed by atoms with Crippen LogP contribution < -0.4 is 10.1 Å². The van der Waals surface area contributed by atoms with Crippen molar-refractivity contribution in [2.45, 2.75) is 32.6 Å². The number of rotatable bonds is 9. The number of unbranched alkanes of at least 4 members (excludes halogenated alkanes) is 3. The normalized spacial score (nSPS) is 10.5. The first-order valence-electron chi connectivity index (χ1n) is 7.06. The van der Waals surface area contributed by atoms with Gasteiger partial charge in [-0.3, -0.25) is 4.79 Å². The molecular formula is C16H21NO4. The third-order valence-corrected chi connectivity index (χ3v) is 2.75. The number of anilines is 1. The van der Waals surface area contributed by atoms with Crippen LogP contribution in [0.2, 0.25) is 0 Å². The molecule has 114 valence electrons. The van der Waals surface area contributed by atoms with Crippen LogP contribution in [0.15, 0.2) is 36.4 Å². The van der Waals surface area contributed by atoms with E-state index in [-0.39, 0.29) is 0 Å². The molecule has 0 aromatic heterocycles. The summed E-state index contributed by atoms with van der Waals surface area (Å²) in [5, 5.41) is 11.0. The average Bonchev–Trinajstić information content (AvgIpc) is 2.45. The summed E-state index contributed by atoms with van der Waals surface area (Å²) in [6, 6.07) is 7.03. The van der Waals surface area contributed by atoms with Gasteiger partial charge in [-0.05, 0) is 18.6 Å². The molecule has 1 aromatic rings. The first kappa shape index (κ1) is 16.8. The number of carboxylic acid groups (broad SMARTS) is 1. The second-order valence-corrected chi connectivity index (χ2v) is 4.60. The highest BCUT2D eigenvalue weighted by molar-refractivity contribution is 6.02. The van der Waals surface area contributed by atoms with E-state index in [9.17, 15) is 9.59 Å². The van der Waals surface area contributed by atoms with Gasteiger partial charge in [0.15, 0.2) is 0 Å². The quantitative estimate of drug-likeness (QED) is 0.541. The SMILES string of the molecule is CCCCCCOc1cccc(NC(=O)/C=C/C(=O)O)c1. The number of aliphatic carboxylic acids is 1. The first-order chi connectivity index (χ1) is 10.1. The molecule has 0 saturated heterocycles. The predicted molar refractivity (Wildman–Crippen MR) is 81.5 cm³/mol. The van der Waals surface area contributed by atoms with Crippen molar-refractivity contribution in [3.8, 4) is 5.75 Å². The van der Waals surface area contributed by atoms with Gasteiger partial charge in [0.2, 0.25) is 5.91 Å². The van der Waals surface area contributed by atoms with Crippen LogP contribution in [0.3, 0.4) is 0 Å². The van der Waals surface area contributed by atoms with Gasteiger partial charge in [-0.2, -0.15) is 0 Å². The molecule has 0 heterocycles. The molecule has 0 atom stereocenters. The minimum absolute atomic E-state index is 0.488. The maximum Gasteiger partial charge on any atom is 0.328 e. The molecule has 0 aliphatic heterocycles. The van der Waals surface area contributed by atoms with Crippen molar-refractivity contribution < 1.29 is 19.4 Å². The molecule has 5 nitrogen and oxygen atoms in total.